The van der Waals surface area contributed by atoms with Crippen LogP contribution in [0.1, 0.15) is 43.2 Å². The zero-order chi connectivity index (χ0) is 13.4. The van der Waals surface area contributed by atoms with Gasteiger partial charge in [0, 0.05) is 36.3 Å². The van der Waals surface area contributed by atoms with Crippen LogP contribution in [0.25, 0.3) is 10.6 Å². The Morgan fingerprint density at radius 2 is 2.26 bits per heavy atom. The number of aromatic nitrogens is 3. The fourth-order valence-electron chi connectivity index (χ4n) is 2.12. The second-order valence-corrected chi connectivity index (χ2v) is 6.62. The van der Waals surface area contributed by atoms with Gasteiger partial charge in [-0.1, -0.05) is 13.8 Å². The van der Waals surface area contributed by atoms with Gasteiger partial charge in [-0.2, -0.15) is 5.10 Å². The molecule has 102 valence electrons. The predicted octanol–water partition coefficient (Wildman–Crippen LogP) is 2.92. The van der Waals surface area contributed by atoms with Crippen molar-refractivity contribution >= 4 is 11.3 Å². The molecule has 0 radical (unpaired) electrons. The van der Waals surface area contributed by atoms with Gasteiger partial charge in [-0.3, -0.25) is 4.68 Å². The SMILES string of the molecule is CC(C)c1nc(-c2cnn(C)c2)sc1CNC1CC1. The third-order valence-electron chi connectivity index (χ3n) is 3.35. The largest absolute Gasteiger partial charge is 0.309 e. The number of nitrogens with one attached hydrogen (secondary N) is 1. The van der Waals surface area contributed by atoms with Crippen LogP contribution in [-0.2, 0) is 13.6 Å². The van der Waals surface area contributed by atoms with Gasteiger partial charge in [0.2, 0.25) is 0 Å². The standard InChI is InChI=1S/C14H20N4S/c1-9(2)13-12(7-15-11-4-5-11)19-14(17-13)10-6-16-18(3)8-10/h6,8-9,11,15H,4-5,7H2,1-3H3. The monoisotopic (exact) mass is 276 g/mol. The van der Waals surface area contributed by atoms with Crippen LogP contribution < -0.4 is 5.32 Å². The van der Waals surface area contributed by atoms with E-state index in [1.807, 2.05) is 24.1 Å². The van der Waals surface area contributed by atoms with Gasteiger partial charge in [-0.25, -0.2) is 4.98 Å². The smallest absolute Gasteiger partial charge is 0.127 e. The van der Waals surface area contributed by atoms with Crippen molar-refractivity contribution in [1.29, 1.82) is 0 Å². The van der Waals surface area contributed by atoms with E-state index in [9.17, 15) is 0 Å². The van der Waals surface area contributed by atoms with Gasteiger partial charge in [0.1, 0.15) is 5.01 Å². The van der Waals surface area contributed by atoms with Gasteiger partial charge >= 0.3 is 0 Å². The lowest BCUT2D eigenvalue weighted by molar-refractivity contribution is 0.681. The minimum absolute atomic E-state index is 0.470. The van der Waals surface area contributed by atoms with Gasteiger partial charge in [0.25, 0.3) is 0 Å². The summed E-state index contributed by atoms with van der Waals surface area (Å²) in [4.78, 5) is 6.19. The molecule has 0 saturated heterocycles. The molecule has 0 bridgehead atoms. The van der Waals surface area contributed by atoms with Crippen LogP contribution in [0.5, 0.6) is 0 Å². The van der Waals surface area contributed by atoms with E-state index in [2.05, 4.69) is 24.3 Å². The maximum Gasteiger partial charge on any atom is 0.127 e. The summed E-state index contributed by atoms with van der Waals surface area (Å²) in [5, 5.41) is 8.90. The zero-order valence-electron chi connectivity index (χ0n) is 11.7. The second-order valence-electron chi connectivity index (χ2n) is 5.54. The van der Waals surface area contributed by atoms with E-state index < -0.39 is 0 Å². The van der Waals surface area contributed by atoms with Crippen molar-refractivity contribution in [2.24, 2.45) is 7.05 Å². The molecular formula is C14H20N4S. The number of rotatable bonds is 5. The Labute approximate surface area is 117 Å². The topological polar surface area (TPSA) is 42.7 Å². The summed E-state index contributed by atoms with van der Waals surface area (Å²) < 4.78 is 1.83. The summed E-state index contributed by atoms with van der Waals surface area (Å²) in [5.41, 5.74) is 2.35. The molecule has 5 heteroatoms. The van der Waals surface area contributed by atoms with Crippen molar-refractivity contribution in [3.8, 4) is 10.6 Å². The third-order valence-corrected chi connectivity index (χ3v) is 4.48. The normalized spacial score (nSPS) is 15.4. The maximum absolute atomic E-state index is 4.82. The van der Waals surface area contributed by atoms with Gasteiger partial charge in [0.05, 0.1) is 11.9 Å². The highest BCUT2D eigenvalue weighted by atomic mass is 32.1. The van der Waals surface area contributed by atoms with Gasteiger partial charge in [-0.05, 0) is 18.8 Å². The van der Waals surface area contributed by atoms with Crippen LogP contribution in [0, 0.1) is 0 Å². The van der Waals surface area contributed by atoms with Gasteiger partial charge in [0.15, 0.2) is 0 Å². The first-order chi connectivity index (χ1) is 9.13. The second kappa shape index (κ2) is 5.06. The lowest BCUT2D eigenvalue weighted by atomic mass is 10.1. The van der Waals surface area contributed by atoms with Crippen molar-refractivity contribution in [2.75, 3.05) is 0 Å². The molecule has 1 N–H and O–H groups in total. The molecule has 19 heavy (non-hydrogen) atoms. The van der Waals surface area contributed by atoms with Crippen LogP contribution in [0.15, 0.2) is 12.4 Å². The van der Waals surface area contributed by atoms with Crippen LogP contribution in [-0.4, -0.2) is 20.8 Å². The molecule has 4 nitrogen and oxygen atoms in total. The fourth-order valence-corrected chi connectivity index (χ4v) is 3.26. The van der Waals surface area contributed by atoms with E-state index >= 15 is 0 Å². The van der Waals surface area contributed by atoms with E-state index in [4.69, 9.17) is 4.98 Å². The summed E-state index contributed by atoms with van der Waals surface area (Å²) in [6.07, 6.45) is 6.57. The fraction of sp³-hybridized carbons (Fsp3) is 0.571. The lowest BCUT2D eigenvalue weighted by Gasteiger charge is -2.05. The number of thiazole rings is 1. The first kappa shape index (κ1) is 12.8. The zero-order valence-corrected chi connectivity index (χ0v) is 12.5. The molecule has 1 aliphatic rings. The molecule has 2 aromatic rings. The van der Waals surface area contributed by atoms with Crippen molar-refractivity contribution in [1.82, 2.24) is 20.1 Å². The van der Waals surface area contributed by atoms with Crippen LogP contribution in [0.2, 0.25) is 0 Å². The molecule has 2 aromatic heterocycles. The summed E-state index contributed by atoms with van der Waals surface area (Å²) in [5.74, 6) is 0.470. The Kier molecular flexibility index (Phi) is 3.41. The van der Waals surface area contributed by atoms with Crippen molar-refractivity contribution in [3.63, 3.8) is 0 Å². The third kappa shape index (κ3) is 2.87. The van der Waals surface area contributed by atoms with E-state index in [1.165, 1.54) is 23.4 Å². The first-order valence-corrected chi connectivity index (χ1v) is 7.67. The van der Waals surface area contributed by atoms with Gasteiger partial charge < -0.3 is 5.32 Å². The number of hydrogen-bond donors (Lipinski definition) is 1. The molecule has 0 aromatic carbocycles. The van der Waals surface area contributed by atoms with Crippen LogP contribution in [0.4, 0.5) is 0 Å². The molecule has 1 aliphatic carbocycles. The van der Waals surface area contributed by atoms with E-state index in [0.29, 0.717) is 5.92 Å². The molecule has 1 saturated carbocycles. The summed E-state index contributed by atoms with van der Waals surface area (Å²) in [7, 11) is 1.94. The average Bonchev–Trinajstić information content (AvgIpc) is 2.93. The number of nitrogens with zero attached hydrogens (tertiary/aromatic N) is 3. The van der Waals surface area contributed by atoms with E-state index in [0.717, 1.165) is 23.2 Å². The number of hydrogen-bond acceptors (Lipinski definition) is 4. The summed E-state index contributed by atoms with van der Waals surface area (Å²) >= 11 is 1.80. The summed E-state index contributed by atoms with van der Waals surface area (Å²) in [6, 6.07) is 0.740. The molecule has 0 atom stereocenters. The minimum Gasteiger partial charge on any atom is -0.309 e. The van der Waals surface area contributed by atoms with Crippen molar-refractivity contribution in [3.05, 3.63) is 23.0 Å². The highest BCUT2D eigenvalue weighted by Crippen LogP contribution is 2.32. The average molecular weight is 276 g/mol. The van der Waals surface area contributed by atoms with Crippen LogP contribution in [0.3, 0.4) is 0 Å². The molecule has 0 amide bonds. The highest BCUT2D eigenvalue weighted by molar-refractivity contribution is 7.15. The van der Waals surface area contributed by atoms with Crippen LogP contribution >= 0.6 is 11.3 Å². The Hall–Kier alpha value is -1.20. The number of aryl methyl sites for hydroxylation is 1. The molecule has 0 aliphatic heterocycles. The Morgan fingerprint density at radius 1 is 1.47 bits per heavy atom. The summed E-state index contributed by atoms with van der Waals surface area (Å²) in [6.45, 7) is 5.38. The maximum atomic E-state index is 4.82. The van der Waals surface area contributed by atoms with E-state index in [-0.39, 0.29) is 0 Å². The lowest BCUT2D eigenvalue weighted by Crippen LogP contribution is -2.15. The predicted molar refractivity (Wildman–Crippen MR) is 78.3 cm³/mol. The Bertz CT molecular complexity index is 566. The van der Waals surface area contributed by atoms with Crippen molar-refractivity contribution in [2.45, 2.75) is 45.2 Å². The molecule has 3 rings (SSSR count). The highest BCUT2D eigenvalue weighted by Gasteiger charge is 2.22. The molecule has 1 fully saturated rings. The Balaban J connectivity index is 1.86. The molecular weight excluding hydrogens is 256 g/mol. The minimum atomic E-state index is 0.470. The first-order valence-electron chi connectivity index (χ1n) is 6.85. The van der Waals surface area contributed by atoms with E-state index in [1.54, 1.807) is 11.3 Å². The Morgan fingerprint density at radius 3 is 2.84 bits per heavy atom. The quantitative estimate of drug-likeness (QED) is 0.913. The molecule has 0 spiro atoms. The van der Waals surface area contributed by atoms with Crippen molar-refractivity contribution < 1.29 is 0 Å². The molecule has 2 heterocycles. The molecule has 0 unspecified atom stereocenters. The van der Waals surface area contributed by atoms with Gasteiger partial charge in [-0.15, -0.1) is 11.3 Å².